The Morgan fingerprint density at radius 3 is 0.767 bits per heavy atom. The van der Waals surface area contributed by atoms with Crippen LogP contribution in [-0.2, 0) is 0 Å². The van der Waals surface area contributed by atoms with Crippen molar-refractivity contribution in [2.24, 2.45) is 0 Å². The standard InChI is InChI=1S/C34H61P3Si6/c1-25-19-22-28(38(4,5)6)35-31(25)41(13,14)34(42(15,16)32-26(2)20-23-29(36-32)39(7,8)9)43(17,18)33-27(3)21-24-30(37-33)40(10,11)12/h19-24,34H,1-18H3. The van der Waals surface area contributed by atoms with Gasteiger partial charge in [0.15, 0.2) is 0 Å². The molecule has 3 heterocycles. The lowest BCUT2D eigenvalue weighted by Gasteiger charge is -2.51. The molecule has 0 aliphatic heterocycles. The van der Waals surface area contributed by atoms with E-state index in [9.17, 15) is 0 Å². The summed E-state index contributed by atoms with van der Waals surface area (Å²) in [5.41, 5.74) is 4.76. The first-order valence-corrected chi connectivity index (χ1v) is 38.6. The van der Waals surface area contributed by atoms with Gasteiger partial charge in [0, 0.05) is 0 Å². The third-order valence-corrected chi connectivity index (χ3v) is 53.0. The molecule has 0 amide bonds. The van der Waals surface area contributed by atoms with Crippen molar-refractivity contribution in [3.05, 3.63) is 53.1 Å². The second kappa shape index (κ2) is 12.7. The van der Waals surface area contributed by atoms with Gasteiger partial charge in [0.05, 0.1) is 48.4 Å². The molecule has 3 aromatic rings. The minimum Gasteiger partial charge on any atom is -0.0782 e. The normalized spacial score (nSPS) is 15.2. The van der Waals surface area contributed by atoms with Gasteiger partial charge in [0.1, 0.15) is 0 Å². The highest BCUT2D eigenvalue weighted by atomic mass is 31.0. The summed E-state index contributed by atoms with van der Waals surface area (Å²) in [5, 5.41) is 0. The number of hydrogen-bond donors (Lipinski definition) is 0. The van der Waals surface area contributed by atoms with Crippen LogP contribution in [-0.4, -0.2) is 48.4 Å². The lowest BCUT2D eigenvalue weighted by molar-refractivity contribution is 1.38. The third-order valence-electron chi connectivity index (χ3n) is 9.59. The molecule has 0 aromatic carbocycles. The highest BCUT2D eigenvalue weighted by Gasteiger charge is 2.56. The topological polar surface area (TPSA) is 0 Å². The highest BCUT2D eigenvalue weighted by molar-refractivity contribution is 7.55. The van der Waals surface area contributed by atoms with Gasteiger partial charge in [-0.2, -0.15) is 0 Å². The molecule has 0 aliphatic carbocycles. The predicted molar refractivity (Wildman–Crippen MR) is 225 cm³/mol. The molecule has 0 spiro atoms. The smallest absolute Gasteiger partial charge is 0.0782 e. The van der Waals surface area contributed by atoms with Gasteiger partial charge >= 0.3 is 0 Å². The summed E-state index contributed by atoms with van der Waals surface area (Å²) < 4.78 is 0. The van der Waals surface area contributed by atoms with Crippen LogP contribution in [0, 0.1) is 20.8 Å². The van der Waals surface area contributed by atoms with Gasteiger partial charge in [0.25, 0.3) is 0 Å². The molecule has 0 unspecified atom stereocenters. The van der Waals surface area contributed by atoms with E-state index in [1.54, 1.807) is 56.0 Å². The average Bonchev–Trinajstić information content (AvgIpc) is 2.81. The van der Waals surface area contributed by atoms with Crippen molar-refractivity contribution in [2.45, 2.75) is 124 Å². The molecule has 3 aromatic heterocycles. The fraction of sp³-hybridized carbons (Fsp3) is 0.559. The monoisotopic (exact) mass is 730 g/mol. The predicted octanol–water partition coefficient (Wildman–Crippen LogP) is 9.58. The quantitative estimate of drug-likeness (QED) is 0.193. The van der Waals surface area contributed by atoms with Crippen LogP contribution in [0.25, 0.3) is 0 Å². The number of aryl methyl sites for hydroxylation is 3. The van der Waals surface area contributed by atoms with Gasteiger partial charge in [-0.15, -0.1) is 0 Å². The minimum absolute atomic E-state index is 0.818. The molecule has 3 rings (SSSR count). The number of hydrogen-bond acceptors (Lipinski definition) is 0. The Kier molecular flexibility index (Phi) is 11.1. The molecular formula is C34H61P3Si6. The van der Waals surface area contributed by atoms with Gasteiger partial charge in [-0.05, 0) is 71.8 Å². The van der Waals surface area contributed by atoms with Crippen LogP contribution in [0.1, 0.15) is 16.7 Å². The Morgan fingerprint density at radius 2 is 0.581 bits per heavy atom. The van der Waals surface area contributed by atoms with E-state index in [0.29, 0.717) is 0 Å². The molecule has 0 nitrogen and oxygen atoms in total. The van der Waals surface area contributed by atoms with Crippen LogP contribution >= 0.6 is 24.6 Å². The summed E-state index contributed by atoms with van der Waals surface area (Å²) in [6, 6.07) is 15.1. The van der Waals surface area contributed by atoms with Gasteiger partial charge in [0.2, 0.25) is 0 Å². The second-order valence-corrected chi connectivity index (χ2v) is 54.3. The minimum atomic E-state index is -1.93. The molecule has 0 radical (unpaired) electrons. The zero-order valence-corrected chi connectivity index (χ0v) is 39.6. The van der Waals surface area contributed by atoms with E-state index in [2.05, 4.69) is 155 Å². The third kappa shape index (κ3) is 7.87. The molecule has 0 fully saturated rings. The Labute approximate surface area is 277 Å². The zero-order valence-electron chi connectivity index (χ0n) is 30.9. The molecule has 236 valence electrons. The molecule has 0 saturated heterocycles. The van der Waals surface area contributed by atoms with E-state index < -0.39 is 48.4 Å². The first-order chi connectivity index (χ1) is 19.2. The van der Waals surface area contributed by atoms with Crippen molar-refractivity contribution >= 4 is 103 Å². The van der Waals surface area contributed by atoms with Crippen molar-refractivity contribution in [1.82, 2.24) is 0 Å². The van der Waals surface area contributed by atoms with Crippen molar-refractivity contribution in [1.29, 1.82) is 0 Å². The Bertz CT molecular complexity index is 1310. The van der Waals surface area contributed by atoms with Gasteiger partial charge in [-0.3, -0.25) is 0 Å². The SMILES string of the molecule is Cc1ccc([Si](C)(C)C)pc1[Si](C)(C)C([Si](C)(C)c1pc([Si](C)(C)C)ccc1C)[Si](C)(C)c1pc([Si](C)(C)C)ccc1C. The molecule has 0 aliphatic rings. The molecule has 0 atom stereocenters. The Balaban J connectivity index is 2.47. The summed E-state index contributed by atoms with van der Waals surface area (Å²) in [4.78, 5) is 11.6. The summed E-state index contributed by atoms with van der Waals surface area (Å²) in [5.74, 6) is 0. The molecular weight excluding hydrogens is 670 g/mol. The largest absolute Gasteiger partial charge is 0.0854 e. The maximum atomic E-state index is 2.82. The first kappa shape index (κ1) is 37.7. The summed E-state index contributed by atoms with van der Waals surface area (Å²) in [6.45, 7) is 47.2. The van der Waals surface area contributed by atoms with E-state index in [0.717, 1.165) is 4.79 Å². The summed E-state index contributed by atoms with van der Waals surface area (Å²) in [6.07, 6.45) is 0. The van der Waals surface area contributed by atoms with Crippen molar-refractivity contribution in [3.63, 3.8) is 0 Å². The zero-order chi connectivity index (χ0) is 33.1. The Morgan fingerprint density at radius 1 is 0.372 bits per heavy atom. The van der Waals surface area contributed by atoms with Crippen LogP contribution in [0.4, 0.5) is 0 Å². The molecule has 9 heteroatoms. The van der Waals surface area contributed by atoms with Crippen molar-refractivity contribution < 1.29 is 0 Å². The molecule has 0 saturated carbocycles. The van der Waals surface area contributed by atoms with E-state index in [1.807, 2.05) is 14.8 Å². The van der Waals surface area contributed by atoms with Crippen molar-refractivity contribution in [2.75, 3.05) is 0 Å². The Hall–Kier alpha value is 0.251. The maximum absolute atomic E-state index is 2.82. The van der Waals surface area contributed by atoms with E-state index in [4.69, 9.17) is 0 Å². The maximum Gasteiger partial charge on any atom is 0.0854 e. The lowest BCUT2D eigenvalue weighted by Crippen LogP contribution is -2.70. The van der Waals surface area contributed by atoms with Crippen LogP contribution in [0.15, 0.2) is 36.4 Å². The summed E-state index contributed by atoms with van der Waals surface area (Å²) >= 11 is 0. The molecule has 0 N–H and O–H groups in total. The van der Waals surface area contributed by atoms with Crippen molar-refractivity contribution in [3.8, 4) is 0 Å². The van der Waals surface area contributed by atoms with Gasteiger partial charge in [-0.1, -0.05) is 159 Å². The van der Waals surface area contributed by atoms with E-state index >= 15 is 0 Å². The number of rotatable bonds is 9. The van der Waals surface area contributed by atoms with Crippen LogP contribution < -0.4 is 29.5 Å². The second-order valence-electron chi connectivity index (χ2n) is 17.9. The van der Waals surface area contributed by atoms with E-state index in [1.165, 1.54) is 0 Å². The van der Waals surface area contributed by atoms with Crippen LogP contribution in [0.2, 0.25) is 103 Å². The summed E-state index contributed by atoms with van der Waals surface area (Å²) in [7, 11) is -5.24. The average molecular weight is 731 g/mol. The fourth-order valence-corrected chi connectivity index (χ4v) is 53.9. The lowest BCUT2D eigenvalue weighted by atomic mass is 10.4. The molecule has 0 bridgehead atoms. The van der Waals surface area contributed by atoms with Gasteiger partial charge in [-0.25, -0.2) is 0 Å². The van der Waals surface area contributed by atoms with Crippen LogP contribution in [0.3, 0.4) is 0 Å². The van der Waals surface area contributed by atoms with Gasteiger partial charge < -0.3 is 0 Å². The fourth-order valence-electron chi connectivity index (χ4n) is 7.91. The highest BCUT2D eigenvalue weighted by Crippen LogP contribution is 2.43. The van der Waals surface area contributed by atoms with Crippen LogP contribution in [0.5, 0.6) is 0 Å². The first-order valence-electron chi connectivity index (χ1n) is 16.2. The van der Waals surface area contributed by atoms with E-state index in [-0.39, 0.29) is 0 Å². The molecule has 43 heavy (non-hydrogen) atoms.